The van der Waals surface area contributed by atoms with Crippen molar-refractivity contribution < 1.29 is 0 Å². The number of para-hydroxylation sites is 2. The zero-order valence-corrected chi connectivity index (χ0v) is 31.0. The van der Waals surface area contributed by atoms with E-state index in [1.54, 1.807) is 0 Å². The van der Waals surface area contributed by atoms with Crippen LogP contribution < -0.4 is 21.1 Å². The lowest BCUT2D eigenvalue weighted by atomic mass is 9.55. The molecule has 0 aromatic heterocycles. The number of anilines is 5. The normalized spacial score (nSPS) is 17.0. The summed E-state index contributed by atoms with van der Waals surface area (Å²) in [4.78, 5) is 2.55. The zero-order chi connectivity index (χ0) is 35.3. The molecular weight excluding hydrogens is 615 g/mol. The van der Waals surface area contributed by atoms with Gasteiger partial charge in [0.25, 0.3) is 0 Å². The van der Waals surface area contributed by atoms with E-state index >= 15 is 0 Å². The topological polar surface area (TPSA) is 15.3 Å². The van der Waals surface area contributed by atoms with Crippen molar-refractivity contribution >= 4 is 46.6 Å². The van der Waals surface area contributed by atoms with Crippen LogP contribution in [0.25, 0.3) is 22.3 Å². The first-order chi connectivity index (χ1) is 24.4. The van der Waals surface area contributed by atoms with Gasteiger partial charge in [0.2, 0.25) is 0 Å². The van der Waals surface area contributed by atoms with Gasteiger partial charge >= 0.3 is 0 Å². The van der Waals surface area contributed by atoms with Gasteiger partial charge in [-0.05, 0) is 117 Å². The smallest absolute Gasteiger partial charge is 0.197 e. The van der Waals surface area contributed by atoms with Crippen LogP contribution in [0.3, 0.4) is 0 Å². The van der Waals surface area contributed by atoms with Crippen molar-refractivity contribution in [3.63, 3.8) is 0 Å². The van der Waals surface area contributed by atoms with Crippen molar-refractivity contribution in [2.24, 2.45) is 0 Å². The largest absolute Gasteiger partial charge is 0.355 e. The van der Waals surface area contributed by atoms with Crippen LogP contribution in [-0.4, -0.2) is 7.28 Å². The molecule has 2 nitrogen and oxygen atoms in total. The van der Waals surface area contributed by atoms with Crippen LogP contribution in [0.4, 0.5) is 28.4 Å². The number of aryl methyl sites for hydroxylation is 1. The molecule has 2 aliphatic heterocycles. The van der Waals surface area contributed by atoms with Crippen LogP contribution in [0, 0.1) is 6.92 Å². The molecule has 9 rings (SSSR count). The summed E-state index contributed by atoms with van der Waals surface area (Å²) >= 11 is 0. The predicted octanol–water partition coefficient (Wildman–Crippen LogP) is 11.5. The summed E-state index contributed by atoms with van der Waals surface area (Å²) in [6, 6.07) is 45.3. The van der Waals surface area contributed by atoms with Crippen LogP contribution in [0.2, 0.25) is 0 Å². The number of rotatable bonds is 4. The highest BCUT2D eigenvalue weighted by Gasteiger charge is 2.42. The maximum absolute atomic E-state index is 3.95. The monoisotopic (exact) mass is 661 g/mol. The van der Waals surface area contributed by atoms with Crippen molar-refractivity contribution in [1.29, 1.82) is 0 Å². The summed E-state index contributed by atoms with van der Waals surface area (Å²) in [6.45, 7) is 16.7. The van der Waals surface area contributed by atoms with E-state index in [1.165, 1.54) is 90.9 Å². The molecule has 251 valence electrons. The Balaban J connectivity index is 1.26. The van der Waals surface area contributed by atoms with E-state index in [0.717, 1.165) is 11.4 Å². The molecule has 0 saturated carbocycles. The lowest BCUT2D eigenvalue weighted by Gasteiger charge is -2.46. The number of nitrogens with one attached hydrogen (secondary N) is 1. The summed E-state index contributed by atoms with van der Waals surface area (Å²) in [7, 11) is 2.45. The van der Waals surface area contributed by atoms with E-state index in [1.807, 2.05) is 0 Å². The van der Waals surface area contributed by atoms with E-state index in [4.69, 9.17) is 0 Å². The SMILES string of the molecule is Cc1cc(-c2cc3c(cc2Nc2ccc(-c4ccccc4)cc2)C(C)(C)CCC3(C)C)c2c(c1)N1c3ccccc3C(C)(C)c3cccc(c31)[B]2. The number of fused-ring (bicyclic) bond motifs is 5. The molecule has 1 N–H and O–H groups in total. The molecule has 1 aliphatic carbocycles. The molecule has 51 heavy (non-hydrogen) atoms. The van der Waals surface area contributed by atoms with Crippen LogP contribution >= 0.6 is 0 Å². The molecule has 0 fully saturated rings. The van der Waals surface area contributed by atoms with Crippen LogP contribution in [-0.2, 0) is 16.2 Å². The molecule has 0 bridgehead atoms. The van der Waals surface area contributed by atoms with Gasteiger partial charge < -0.3 is 10.2 Å². The number of hydrogen-bond donors (Lipinski definition) is 1. The Labute approximate surface area is 304 Å². The maximum Gasteiger partial charge on any atom is 0.197 e. The van der Waals surface area contributed by atoms with Gasteiger partial charge in [0, 0.05) is 33.7 Å². The van der Waals surface area contributed by atoms with E-state index < -0.39 is 0 Å². The molecule has 0 saturated heterocycles. The van der Waals surface area contributed by atoms with Crippen LogP contribution in [0.1, 0.15) is 82.2 Å². The van der Waals surface area contributed by atoms with Gasteiger partial charge in [-0.3, -0.25) is 0 Å². The van der Waals surface area contributed by atoms with Crippen molar-refractivity contribution in [1.82, 2.24) is 0 Å². The van der Waals surface area contributed by atoms with E-state index in [9.17, 15) is 0 Å². The molecular formula is C48H46BN2. The molecule has 2 heterocycles. The fourth-order valence-corrected chi connectivity index (χ4v) is 9.11. The minimum atomic E-state index is -0.0968. The minimum Gasteiger partial charge on any atom is -0.355 e. The third kappa shape index (κ3) is 5.00. The lowest BCUT2D eigenvalue weighted by Crippen LogP contribution is -2.45. The van der Waals surface area contributed by atoms with Gasteiger partial charge in [-0.15, -0.1) is 0 Å². The summed E-state index contributed by atoms with van der Waals surface area (Å²) in [5.41, 5.74) is 20.6. The third-order valence-corrected chi connectivity index (χ3v) is 12.2. The quantitative estimate of drug-likeness (QED) is 0.189. The molecule has 3 aliphatic rings. The second-order valence-electron chi connectivity index (χ2n) is 16.9. The summed E-state index contributed by atoms with van der Waals surface area (Å²) < 4.78 is 0. The fourth-order valence-electron chi connectivity index (χ4n) is 9.11. The number of hydrogen-bond acceptors (Lipinski definition) is 2. The Morgan fingerprint density at radius 1 is 0.569 bits per heavy atom. The summed E-state index contributed by atoms with van der Waals surface area (Å²) in [5.74, 6) is 0. The highest BCUT2D eigenvalue weighted by atomic mass is 15.2. The highest BCUT2D eigenvalue weighted by Crippen LogP contribution is 2.53. The van der Waals surface area contributed by atoms with Crippen molar-refractivity contribution in [3.05, 3.63) is 149 Å². The Morgan fingerprint density at radius 2 is 1.22 bits per heavy atom. The Bertz CT molecular complexity index is 2350. The minimum absolute atomic E-state index is 0.0853. The van der Waals surface area contributed by atoms with Crippen molar-refractivity contribution in [2.45, 2.75) is 77.6 Å². The highest BCUT2D eigenvalue weighted by molar-refractivity contribution is 6.73. The predicted molar refractivity (Wildman–Crippen MR) is 219 cm³/mol. The van der Waals surface area contributed by atoms with Gasteiger partial charge in [-0.1, -0.05) is 132 Å². The van der Waals surface area contributed by atoms with Crippen molar-refractivity contribution in [3.8, 4) is 22.3 Å². The molecule has 0 amide bonds. The second kappa shape index (κ2) is 11.2. The molecule has 0 atom stereocenters. The van der Waals surface area contributed by atoms with E-state index in [-0.39, 0.29) is 16.2 Å². The number of nitrogens with zero attached hydrogens (tertiary/aromatic N) is 1. The third-order valence-electron chi connectivity index (χ3n) is 12.2. The average Bonchev–Trinajstić information content (AvgIpc) is 3.12. The van der Waals surface area contributed by atoms with Crippen LogP contribution in [0.5, 0.6) is 0 Å². The second-order valence-corrected chi connectivity index (χ2v) is 16.9. The molecule has 1 radical (unpaired) electrons. The van der Waals surface area contributed by atoms with Gasteiger partial charge in [0.15, 0.2) is 7.28 Å². The fraction of sp³-hybridized carbons (Fsp3) is 0.250. The van der Waals surface area contributed by atoms with E-state index in [0.29, 0.717) is 0 Å². The molecule has 6 aromatic rings. The van der Waals surface area contributed by atoms with Gasteiger partial charge in [-0.2, -0.15) is 0 Å². The first-order valence-electron chi connectivity index (χ1n) is 18.6. The maximum atomic E-state index is 3.95. The van der Waals surface area contributed by atoms with Gasteiger partial charge in [-0.25, -0.2) is 0 Å². The van der Waals surface area contributed by atoms with Gasteiger partial charge in [0.05, 0.1) is 5.69 Å². The molecule has 0 unspecified atom stereocenters. The number of benzene rings is 6. The lowest BCUT2D eigenvalue weighted by molar-refractivity contribution is 0.332. The Hall–Kier alpha value is -5.02. The standard InChI is InChI=1S/C48H46BN2/c1-30-26-35(44-43(27-30)51-42-19-12-11-16-36(42)48(6,7)37-17-13-18-40(49-44)45(37)51)34-28-38-39(47(4,5)25-24-46(38,2)3)29-41(34)50-33-22-20-32(21-23-33)31-14-9-8-10-15-31/h8-23,26-29,50H,24-25H2,1-7H3. The zero-order valence-electron chi connectivity index (χ0n) is 31.0. The van der Waals surface area contributed by atoms with E-state index in [2.05, 4.69) is 187 Å². The van der Waals surface area contributed by atoms with Crippen molar-refractivity contribution in [2.75, 3.05) is 10.2 Å². The average molecular weight is 662 g/mol. The Kier molecular flexibility index (Phi) is 7.04. The summed E-state index contributed by atoms with van der Waals surface area (Å²) in [6.07, 6.45) is 2.35. The first kappa shape index (κ1) is 31.9. The first-order valence-corrected chi connectivity index (χ1v) is 18.6. The molecule has 3 heteroatoms. The molecule has 6 aromatic carbocycles. The van der Waals surface area contributed by atoms with Crippen LogP contribution in [0.15, 0.2) is 121 Å². The molecule has 0 spiro atoms. The summed E-state index contributed by atoms with van der Waals surface area (Å²) in [5, 5.41) is 3.95. The van der Waals surface area contributed by atoms with Gasteiger partial charge in [0.1, 0.15) is 0 Å². The Morgan fingerprint density at radius 3 is 1.96 bits per heavy atom.